The molecule has 3 heterocycles. The van der Waals surface area contributed by atoms with Crippen LogP contribution in [-0.2, 0) is 30.8 Å². The van der Waals surface area contributed by atoms with Gasteiger partial charge in [0, 0.05) is 44.9 Å². The Hall–Kier alpha value is -2.76. The molecule has 1 fully saturated rings. The van der Waals surface area contributed by atoms with Crippen LogP contribution >= 0.6 is 0 Å². The molecular weight excluding hydrogens is 396 g/mol. The first-order chi connectivity index (χ1) is 15.7. The maximum Gasteiger partial charge on any atom is 0.136 e. The highest BCUT2D eigenvalue weighted by Gasteiger charge is 2.27. The minimum atomic E-state index is 0.280. The zero-order chi connectivity index (χ0) is 21.8. The molecule has 0 unspecified atom stereocenters. The second-order valence-electron chi connectivity index (χ2n) is 8.97. The molecule has 0 spiro atoms. The third-order valence-corrected chi connectivity index (χ3v) is 6.45. The van der Waals surface area contributed by atoms with Crippen molar-refractivity contribution >= 4 is 5.82 Å². The number of aryl methyl sites for hydroxylation is 1. The first-order valence-electron chi connectivity index (χ1n) is 11.8. The fraction of sp³-hybridized carbons (Fsp3) is 0.407. The molecule has 32 heavy (non-hydrogen) atoms. The van der Waals surface area contributed by atoms with Crippen molar-refractivity contribution in [3.05, 3.63) is 88.9 Å². The molecule has 2 aliphatic rings. The summed E-state index contributed by atoms with van der Waals surface area (Å²) in [5, 5.41) is 0. The fourth-order valence-corrected chi connectivity index (χ4v) is 4.89. The summed E-state index contributed by atoms with van der Waals surface area (Å²) in [5.41, 5.74) is 5.15. The van der Waals surface area contributed by atoms with Crippen LogP contribution in [0.5, 0.6) is 0 Å². The van der Waals surface area contributed by atoms with Crippen LogP contribution in [0.3, 0.4) is 0 Å². The largest absolute Gasteiger partial charge is 0.376 e. The quantitative estimate of drug-likeness (QED) is 0.553. The zero-order valence-corrected chi connectivity index (χ0v) is 18.9. The highest BCUT2D eigenvalue weighted by Crippen LogP contribution is 2.29. The van der Waals surface area contributed by atoms with Gasteiger partial charge in [-0.3, -0.25) is 4.90 Å². The molecule has 166 valence electrons. The lowest BCUT2D eigenvalue weighted by molar-refractivity contribution is 0.115. The van der Waals surface area contributed by atoms with Crippen molar-refractivity contribution in [2.45, 2.75) is 51.9 Å². The summed E-state index contributed by atoms with van der Waals surface area (Å²) >= 11 is 0. The number of rotatable bonds is 7. The number of aromatic nitrogens is 2. The van der Waals surface area contributed by atoms with Crippen LogP contribution < -0.4 is 4.90 Å². The third kappa shape index (κ3) is 5.00. The summed E-state index contributed by atoms with van der Waals surface area (Å²) in [6.45, 7) is 7.48. The van der Waals surface area contributed by atoms with Gasteiger partial charge in [-0.15, -0.1) is 0 Å². The molecular formula is C27H32N4O. The van der Waals surface area contributed by atoms with E-state index in [-0.39, 0.29) is 6.10 Å². The molecule has 2 aromatic carbocycles. The van der Waals surface area contributed by atoms with Crippen LogP contribution in [0.25, 0.3) is 0 Å². The van der Waals surface area contributed by atoms with Crippen molar-refractivity contribution in [2.24, 2.45) is 0 Å². The second kappa shape index (κ2) is 9.80. The van der Waals surface area contributed by atoms with E-state index in [1.165, 1.54) is 22.4 Å². The van der Waals surface area contributed by atoms with Gasteiger partial charge in [-0.1, -0.05) is 60.7 Å². The molecule has 0 radical (unpaired) electrons. The molecule has 3 aromatic rings. The SMILES string of the molecule is Cc1nc2c(c(N(Cc3ccccc3)C[C@@H]3CCCO3)n1)CCN(Cc1ccccc1)C2. The Balaban J connectivity index is 1.42. The van der Waals surface area contributed by atoms with Gasteiger partial charge in [-0.25, -0.2) is 9.97 Å². The van der Waals surface area contributed by atoms with Crippen molar-refractivity contribution in [1.29, 1.82) is 0 Å². The first kappa shape index (κ1) is 21.1. The fourth-order valence-electron chi connectivity index (χ4n) is 4.89. The molecule has 5 heteroatoms. The van der Waals surface area contributed by atoms with E-state index in [2.05, 4.69) is 70.5 Å². The lowest BCUT2D eigenvalue weighted by Crippen LogP contribution is -2.36. The number of hydrogen-bond donors (Lipinski definition) is 0. The maximum atomic E-state index is 6.01. The van der Waals surface area contributed by atoms with E-state index in [4.69, 9.17) is 14.7 Å². The van der Waals surface area contributed by atoms with E-state index in [0.29, 0.717) is 0 Å². The van der Waals surface area contributed by atoms with E-state index >= 15 is 0 Å². The molecule has 1 saturated heterocycles. The molecule has 1 aromatic heterocycles. The summed E-state index contributed by atoms with van der Waals surface area (Å²) in [6, 6.07) is 21.4. The van der Waals surface area contributed by atoms with Gasteiger partial charge in [0.25, 0.3) is 0 Å². The van der Waals surface area contributed by atoms with Gasteiger partial charge in [0.2, 0.25) is 0 Å². The monoisotopic (exact) mass is 428 g/mol. The number of ether oxygens (including phenoxy) is 1. The van der Waals surface area contributed by atoms with Gasteiger partial charge < -0.3 is 9.64 Å². The molecule has 0 saturated carbocycles. The van der Waals surface area contributed by atoms with E-state index in [1.54, 1.807) is 0 Å². The van der Waals surface area contributed by atoms with Crippen LogP contribution in [0.2, 0.25) is 0 Å². The normalized spacial score (nSPS) is 18.5. The Morgan fingerprint density at radius 2 is 1.75 bits per heavy atom. The average Bonchev–Trinajstić information content (AvgIpc) is 3.32. The second-order valence-corrected chi connectivity index (χ2v) is 8.97. The predicted octanol–water partition coefficient (Wildman–Crippen LogP) is 4.53. The highest BCUT2D eigenvalue weighted by molar-refractivity contribution is 5.51. The summed E-state index contributed by atoms with van der Waals surface area (Å²) < 4.78 is 6.01. The van der Waals surface area contributed by atoms with Crippen molar-refractivity contribution in [3.63, 3.8) is 0 Å². The Bertz CT molecular complexity index is 1020. The van der Waals surface area contributed by atoms with E-state index < -0.39 is 0 Å². The van der Waals surface area contributed by atoms with E-state index in [0.717, 1.165) is 70.2 Å². The van der Waals surface area contributed by atoms with Crippen LogP contribution in [0.1, 0.15) is 41.1 Å². The van der Waals surface area contributed by atoms with Gasteiger partial charge in [-0.05, 0) is 37.3 Å². The van der Waals surface area contributed by atoms with E-state index in [9.17, 15) is 0 Å². The molecule has 0 N–H and O–H groups in total. The maximum absolute atomic E-state index is 6.01. The zero-order valence-electron chi connectivity index (χ0n) is 18.9. The Labute approximate surface area is 191 Å². The van der Waals surface area contributed by atoms with Gasteiger partial charge in [-0.2, -0.15) is 0 Å². The van der Waals surface area contributed by atoms with Crippen molar-refractivity contribution in [2.75, 3.05) is 24.6 Å². The third-order valence-electron chi connectivity index (χ3n) is 6.45. The topological polar surface area (TPSA) is 41.5 Å². The summed E-state index contributed by atoms with van der Waals surface area (Å²) in [6.07, 6.45) is 3.54. The minimum Gasteiger partial charge on any atom is -0.376 e. The molecule has 1 atom stereocenters. The molecule has 0 amide bonds. The summed E-state index contributed by atoms with van der Waals surface area (Å²) in [4.78, 5) is 14.8. The number of fused-ring (bicyclic) bond motifs is 1. The molecule has 2 aliphatic heterocycles. The Morgan fingerprint density at radius 1 is 1.00 bits per heavy atom. The number of benzene rings is 2. The van der Waals surface area contributed by atoms with E-state index in [1.807, 2.05) is 6.92 Å². The Kier molecular flexibility index (Phi) is 6.46. The molecule has 0 aliphatic carbocycles. The predicted molar refractivity (Wildman–Crippen MR) is 127 cm³/mol. The van der Waals surface area contributed by atoms with Crippen LogP contribution in [0, 0.1) is 6.92 Å². The number of anilines is 1. The van der Waals surface area contributed by atoms with Gasteiger partial charge in [0.1, 0.15) is 11.6 Å². The first-order valence-corrected chi connectivity index (χ1v) is 11.8. The van der Waals surface area contributed by atoms with Gasteiger partial charge in [0.05, 0.1) is 11.8 Å². The van der Waals surface area contributed by atoms with Crippen LogP contribution in [0.15, 0.2) is 60.7 Å². The minimum absolute atomic E-state index is 0.280. The van der Waals surface area contributed by atoms with Crippen molar-refractivity contribution in [3.8, 4) is 0 Å². The van der Waals surface area contributed by atoms with Crippen LogP contribution in [0.4, 0.5) is 5.82 Å². The van der Waals surface area contributed by atoms with Crippen molar-refractivity contribution in [1.82, 2.24) is 14.9 Å². The Morgan fingerprint density at radius 3 is 2.47 bits per heavy atom. The van der Waals surface area contributed by atoms with Gasteiger partial charge >= 0.3 is 0 Å². The van der Waals surface area contributed by atoms with Crippen LogP contribution in [-0.4, -0.2) is 40.7 Å². The number of hydrogen-bond acceptors (Lipinski definition) is 5. The highest BCUT2D eigenvalue weighted by atomic mass is 16.5. The average molecular weight is 429 g/mol. The lowest BCUT2D eigenvalue weighted by atomic mass is 10.0. The lowest BCUT2D eigenvalue weighted by Gasteiger charge is -2.33. The molecule has 5 rings (SSSR count). The summed E-state index contributed by atoms with van der Waals surface area (Å²) in [7, 11) is 0. The standard InChI is InChI=1S/C27H32N4O/c1-21-28-26-20-30(17-22-9-4-2-5-10-22)15-14-25(26)27(29-21)31(19-24-13-8-16-32-24)18-23-11-6-3-7-12-23/h2-7,9-12,24H,8,13-20H2,1H3/t24-/m0/s1. The number of nitrogens with zero attached hydrogens (tertiary/aromatic N) is 4. The molecule has 0 bridgehead atoms. The van der Waals surface area contributed by atoms with Crippen molar-refractivity contribution < 1.29 is 4.74 Å². The smallest absolute Gasteiger partial charge is 0.136 e. The van der Waals surface area contributed by atoms with Gasteiger partial charge in [0.15, 0.2) is 0 Å². The molecule has 5 nitrogen and oxygen atoms in total. The summed E-state index contributed by atoms with van der Waals surface area (Å²) in [5.74, 6) is 1.96.